The highest BCUT2D eigenvalue weighted by Crippen LogP contribution is 2.24. The Morgan fingerprint density at radius 1 is 0.969 bits per heavy atom. The Hall–Kier alpha value is -3.94. The molecular weight excluding hydrogens is 410 g/mol. The summed E-state index contributed by atoms with van der Waals surface area (Å²) in [4.78, 5) is 39.1. The van der Waals surface area contributed by atoms with Gasteiger partial charge in [0, 0.05) is 26.2 Å². The largest absolute Gasteiger partial charge is 0.433 e. The van der Waals surface area contributed by atoms with Crippen LogP contribution >= 0.6 is 0 Å². The molecule has 0 unspecified atom stereocenters. The van der Waals surface area contributed by atoms with E-state index in [0.29, 0.717) is 13.1 Å². The first-order valence-corrected chi connectivity index (χ1v) is 10.4. The van der Waals surface area contributed by atoms with Crippen molar-refractivity contribution in [3.05, 3.63) is 99.8 Å². The molecule has 4 rings (SSSR count). The molecule has 1 fully saturated rings. The maximum atomic E-state index is 13.2. The van der Waals surface area contributed by atoms with E-state index in [1.165, 1.54) is 11.0 Å². The smallest absolute Gasteiger partial charge is 0.395 e. The number of rotatable bonds is 8. The second-order valence-corrected chi connectivity index (χ2v) is 7.78. The van der Waals surface area contributed by atoms with Crippen molar-refractivity contribution < 1.29 is 18.9 Å². The molecule has 2 heterocycles. The van der Waals surface area contributed by atoms with Crippen LogP contribution in [0.3, 0.4) is 0 Å². The third-order valence-electron chi connectivity index (χ3n) is 5.54. The summed E-state index contributed by atoms with van der Waals surface area (Å²) in [5.74, 6) is -1.31. The number of furan rings is 1. The van der Waals surface area contributed by atoms with Crippen LogP contribution in [0.25, 0.3) is 0 Å². The number of carbonyl (C=O) groups is 2. The van der Waals surface area contributed by atoms with Crippen molar-refractivity contribution in [3.8, 4) is 0 Å². The molecule has 1 aromatic heterocycles. The van der Waals surface area contributed by atoms with Gasteiger partial charge in [-0.15, -0.1) is 0 Å². The zero-order valence-corrected chi connectivity index (χ0v) is 17.4. The average molecular weight is 433 g/mol. The Labute approximate surface area is 185 Å². The average Bonchev–Trinajstić information content (AvgIpc) is 3.28. The molecule has 0 saturated carbocycles. The Morgan fingerprint density at radius 2 is 1.59 bits per heavy atom. The number of hydrogen-bond donors (Lipinski definition) is 0. The lowest BCUT2D eigenvalue weighted by atomic mass is 9.97. The monoisotopic (exact) mass is 433 g/mol. The van der Waals surface area contributed by atoms with E-state index in [1.807, 2.05) is 65.6 Å². The van der Waals surface area contributed by atoms with Gasteiger partial charge in [-0.05, 0) is 23.6 Å². The van der Waals surface area contributed by atoms with Crippen LogP contribution in [0.15, 0.2) is 77.2 Å². The molecule has 0 radical (unpaired) electrons. The highest BCUT2D eigenvalue weighted by Gasteiger charge is 2.39. The SMILES string of the molecule is O=C(c1ccc([N+](=O)[O-])o1)N1CC(C(=O)N(CCc2ccccc2)Cc2ccccc2)C1. The van der Waals surface area contributed by atoms with Crippen LogP contribution in [0.4, 0.5) is 5.88 Å². The fraction of sp³-hybridized carbons (Fsp3) is 0.250. The van der Waals surface area contributed by atoms with Crippen molar-refractivity contribution in [1.82, 2.24) is 9.80 Å². The van der Waals surface area contributed by atoms with E-state index in [1.54, 1.807) is 0 Å². The van der Waals surface area contributed by atoms with Gasteiger partial charge in [0.25, 0.3) is 5.91 Å². The Balaban J connectivity index is 1.39. The quantitative estimate of drug-likeness (QED) is 0.400. The summed E-state index contributed by atoms with van der Waals surface area (Å²) >= 11 is 0. The Kier molecular flexibility index (Phi) is 6.30. The van der Waals surface area contributed by atoms with Crippen LogP contribution in [0.2, 0.25) is 0 Å². The van der Waals surface area contributed by atoms with E-state index in [-0.39, 0.29) is 30.7 Å². The normalized spacial score (nSPS) is 13.4. The van der Waals surface area contributed by atoms with Gasteiger partial charge in [-0.1, -0.05) is 60.7 Å². The van der Waals surface area contributed by atoms with Crippen molar-refractivity contribution in [1.29, 1.82) is 0 Å². The van der Waals surface area contributed by atoms with E-state index in [0.717, 1.165) is 23.6 Å². The number of amides is 2. The summed E-state index contributed by atoms with van der Waals surface area (Å²) in [6.45, 7) is 1.61. The van der Waals surface area contributed by atoms with Crippen molar-refractivity contribution in [2.24, 2.45) is 5.92 Å². The fourth-order valence-electron chi connectivity index (χ4n) is 3.74. The molecule has 164 valence electrons. The first-order valence-electron chi connectivity index (χ1n) is 10.4. The molecule has 1 aliphatic rings. The van der Waals surface area contributed by atoms with Crippen molar-refractivity contribution >= 4 is 17.7 Å². The molecule has 2 amide bonds. The first-order chi connectivity index (χ1) is 15.5. The predicted molar refractivity (Wildman–Crippen MR) is 117 cm³/mol. The van der Waals surface area contributed by atoms with Gasteiger partial charge in [0.2, 0.25) is 5.91 Å². The second kappa shape index (κ2) is 9.47. The summed E-state index contributed by atoms with van der Waals surface area (Å²) in [5.41, 5.74) is 2.20. The molecule has 32 heavy (non-hydrogen) atoms. The number of benzene rings is 2. The van der Waals surface area contributed by atoms with E-state index in [9.17, 15) is 19.7 Å². The molecule has 1 aliphatic heterocycles. The lowest BCUT2D eigenvalue weighted by Crippen LogP contribution is -2.56. The number of carbonyl (C=O) groups excluding carboxylic acids is 2. The van der Waals surface area contributed by atoms with Crippen LogP contribution in [-0.4, -0.2) is 46.2 Å². The van der Waals surface area contributed by atoms with Crippen molar-refractivity contribution in [2.75, 3.05) is 19.6 Å². The summed E-state index contributed by atoms with van der Waals surface area (Å²) in [6, 6.07) is 22.3. The zero-order chi connectivity index (χ0) is 22.5. The number of likely N-dealkylation sites (tertiary alicyclic amines) is 1. The third-order valence-corrected chi connectivity index (χ3v) is 5.54. The number of nitrogens with zero attached hydrogens (tertiary/aromatic N) is 3. The van der Waals surface area contributed by atoms with Gasteiger partial charge in [-0.2, -0.15) is 0 Å². The molecule has 8 heteroatoms. The summed E-state index contributed by atoms with van der Waals surface area (Å²) in [5, 5.41) is 10.8. The standard InChI is InChI=1S/C24H23N3O5/c28-23(20-16-26(17-20)24(29)21-11-12-22(32-21)27(30)31)25(15-19-9-5-2-6-10-19)14-13-18-7-3-1-4-8-18/h1-12,20H,13-17H2. The summed E-state index contributed by atoms with van der Waals surface area (Å²) in [6.07, 6.45) is 0.741. The Morgan fingerprint density at radius 3 is 2.19 bits per heavy atom. The van der Waals surface area contributed by atoms with E-state index in [2.05, 4.69) is 0 Å². The van der Waals surface area contributed by atoms with Crippen molar-refractivity contribution in [2.45, 2.75) is 13.0 Å². The van der Waals surface area contributed by atoms with E-state index in [4.69, 9.17) is 4.42 Å². The highest BCUT2D eigenvalue weighted by atomic mass is 16.6. The number of hydrogen-bond acceptors (Lipinski definition) is 5. The van der Waals surface area contributed by atoms with Crippen LogP contribution in [0.5, 0.6) is 0 Å². The van der Waals surface area contributed by atoms with Crippen LogP contribution in [0, 0.1) is 16.0 Å². The van der Waals surface area contributed by atoms with Crippen molar-refractivity contribution in [3.63, 3.8) is 0 Å². The van der Waals surface area contributed by atoms with Crippen LogP contribution in [0.1, 0.15) is 21.7 Å². The molecular formula is C24H23N3O5. The van der Waals surface area contributed by atoms with E-state index >= 15 is 0 Å². The Bertz CT molecular complexity index is 1090. The lowest BCUT2D eigenvalue weighted by molar-refractivity contribution is -0.402. The molecule has 2 aromatic carbocycles. The van der Waals surface area contributed by atoms with Gasteiger partial charge >= 0.3 is 5.88 Å². The summed E-state index contributed by atoms with van der Waals surface area (Å²) < 4.78 is 4.99. The maximum absolute atomic E-state index is 13.2. The predicted octanol–water partition coefficient (Wildman–Crippen LogP) is 3.53. The van der Waals surface area contributed by atoms with Gasteiger partial charge < -0.3 is 14.2 Å². The molecule has 8 nitrogen and oxygen atoms in total. The number of nitro groups is 1. The van der Waals surface area contributed by atoms with Gasteiger partial charge in [0.15, 0.2) is 5.76 Å². The molecule has 0 bridgehead atoms. The minimum Gasteiger partial charge on any atom is -0.395 e. The molecule has 1 saturated heterocycles. The lowest BCUT2D eigenvalue weighted by Gasteiger charge is -2.40. The third kappa shape index (κ3) is 4.85. The van der Waals surface area contributed by atoms with Crippen LogP contribution < -0.4 is 0 Å². The molecule has 0 aliphatic carbocycles. The zero-order valence-electron chi connectivity index (χ0n) is 17.4. The van der Waals surface area contributed by atoms with Gasteiger partial charge in [-0.3, -0.25) is 19.7 Å². The summed E-state index contributed by atoms with van der Waals surface area (Å²) in [7, 11) is 0. The highest BCUT2D eigenvalue weighted by molar-refractivity contribution is 5.94. The van der Waals surface area contributed by atoms with Gasteiger partial charge in [0.05, 0.1) is 12.0 Å². The second-order valence-electron chi connectivity index (χ2n) is 7.78. The van der Waals surface area contributed by atoms with Crippen LogP contribution in [-0.2, 0) is 17.8 Å². The first kappa shape index (κ1) is 21.3. The van der Waals surface area contributed by atoms with Gasteiger partial charge in [0.1, 0.15) is 4.92 Å². The van der Waals surface area contributed by atoms with Gasteiger partial charge in [-0.25, -0.2) is 0 Å². The molecule has 0 N–H and O–H groups in total. The molecule has 3 aromatic rings. The minimum absolute atomic E-state index is 0.000686. The molecule has 0 atom stereocenters. The fourth-order valence-corrected chi connectivity index (χ4v) is 3.74. The minimum atomic E-state index is -0.687. The van der Waals surface area contributed by atoms with E-state index < -0.39 is 16.7 Å². The molecule has 0 spiro atoms. The maximum Gasteiger partial charge on any atom is 0.433 e. The topological polar surface area (TPSA) is 96.9 Å².